The molecule has 1 aliphatic rings. The lowest BCUT2D eigenvalue weighted by atomic mass is 10.1. The van der Waals surface area contributed by atoms with E-state index in [0.717, 1.165) is 24.8 Å². The summed E-state index contributed by atoms with van der Waals surface area (Å²) in [6, 6.07) is 9.75. The number of aromatic nitrogens is 2. The van der Waals surface area contributed by atoms with E-state index in [4.69, 9.17) is 16.3 Å². The summed E-state index contributed by atoms with van der Waals surface area (Å²) in [7, 11) is -9.32. The highest BCUT2D eigenvalue weighted by atomic mass is 35.5. The van der Waals surface area contributed by atoms with Gasteiger partial charge >= 0.3 is 12.1 Å². The molecule has 242 valence electrons. The molecular formula is C28H33ClN6O8S2. The van der Waals surface area contributed by atoms with Gasteiger partial charge in [-0.25, -0.2) is 31.4 Å². The van der Waals surface area contributed by atoms with E-state index < -0.39 is 43.8 Å². The molecule has 45 heavy (non-hydrogen) atoms. The number of hydrogen-bond acceptors (Lipinski definition) is 11. The summed E-state index contributed by atoms with van der Waals surface area (Å²) >= 11 is 5.91. The Kier molecular flexibility index (Phi) is 10.4. The second-order valence-electron chi connectivity index (χ2n) is 10.1. The van der Waals surface area contributed by atoms with Crippen molar-refractivity contribution in [2.24, 2.45) is 0 Å². The van der Waals surface area contributed by atoms with Crippen LogP contribution in [0.3, 0.4) is 0 Å². The minimum absolute atomic E-state index is 0.122. The molecule has 0 spiro atoms. The van der Waals surface area contributed by atoms with Gasteiger partial charge in [-0.3, -0.25) is 0 Å². The van der Waals surface area contributed by atoms with Gasteiger partial charge in [0.15, 0.2) is 5.82 Å². The molecule has 1 saturated heterocycles. The Morgan fingerprint density at radius 3 is 2.18 bits per heavy atom. The molecule has 0 aliphatic carbocycles. The minimum Gasteiger partial charge on any atom is -0.480 e. The Labute approximate surface area is 266 Å². The summed E-state index contributed by atoms with van der Waals surface area (Å²) in [5.74, 6) is -1.24. The fourth-order valence-corrected chi connectivity index (χ4v) is 7.78. The van der Waals surface area contributed by atoms with Crippen LogP contribution < -0.4 is 18.7 Å². The molecule has 0 radical (unpaired) electrons. The average Bonchev–Trinajstić information content (AvgIpc) is 2.94. The maximum atomic E-state index is 13.7. The highest BCUT2D eigenvalue weighted by molar-refractivity contribution is 8.10. The number of nitrogens with one attached hydrogen (secondary N) is 1. The van der Waals surface area contributed by atoms with Crippen LogP contribution in [0.25, 0.3) is 0 Å². The molecule has 14 nitrogen and oxygen atoms in total. The number of anilines is 3. The Morgan fingerprint density at radius 1 is 1.04 bits per heavy atom. The number of carbonyl (C=O) groups is 2. The summed E-state index contributed by atoms with van der Waals surface area (Å²) < 4.78 is 59.0. The molecule has 2 N–H and O–H groups in total. The number of amides is 1. The molecule has 2 aromatic carbocycles. The molecule has 0 bridgehead atoms. The maximum Gasteiger partial charge on any atom is 0.415 e. The quantitative estimate of drug-likeness (QED) is 0.269. The van der Waals surface area contributed by atoms with Crippen molar-refractivity contribution in [2.75, 3.05) is 46.4 Å². The van der Waals surface area contributed by atoms with Gasteiger partial charge in [-0.1, -0.05) is 23.7 Å². The number of rotatable bonds is 13. The normalized spacial score (nSPS) is 13.8. The largest absolute Gasteiger partial charge is 0.480 e. The number of aliphatic carboxylic acids is 1. The first-order chi connectivity index (χ1) is 21.2. The van der Waals surface area contributed by atoms with Crippen LogP contribution in [0.5, 0.6) is 5.75 Å². The van der Waals surface area contributed by atoms with E-state index in [-0.39, 0.29) is 37.6 Å². The van der Waals surface area contributed by atoms with Crippen molar-refractivity contribution < 1.29 is 36.3 Å². The number of hydrogen-bond donors (Lipinski definition) is 2. The molecule has 0 saturated carbocycles. The third kappa shape index (κ3) is 7.93. The van der Waals surface area contributed by atoms with Gasteiger partial charge in [-0.15, -0.1) is 0 Å². The van der Waals surface area contributed by atoms with Crippen molar-refractivity contribution in [1.82, 2.24) is 14.9 Å². The predicted molar refractivity (Wildman–Crippen MR) is 169 cm³/mol. The summed E-state index contributed by atoms with van der Waals surface area (Å²) in [5, 5.41) is 13.1. The average molecular weight is 681 g/mol. The number of benzene rings is 2. The fourth-order valence-electron chi connectivity index (χ4n) is 4.41. The third-order valence-electron chi connectivity index (χ3n) is 6.92. The number of halogens is 1. The molecule has 1 aromatic heterocycles. The fraction of sp³-hybridized carbons (Fsp3) is 0.357. The number of sulfonamides is 2. The maximum absolute atomic E-state index is 13.7. The molecule has 1 fully saturated rings. The highest BCUT2D eigenvalue weighted by Crippen LogP contribution is 2.34. The molecule has 3 aromatic rings. The number of carboxylic acids is 1. The van der Waals surface area contributed by atoms with E-state index in [1.165, 1.54) is 24.3 Å². The molecule has 1 atom stereocenters. The van der Waals surface area contributed by atoms with E-state index in [9.17, 15) is 31.5 Å². The standard InChI is InChI=1S/C28H33ClN6O8S2/c1-4-33(5-2)27-30-18-24(35(44(3,39)40)45(41,42)22-13-9-20(29)10-14-22)25(32-27)31-23(26(36)37)17-19-7-11-21(12-8-19)43-28(38)34-15-6-16-34/h7-14,18,23H,4-6,15-17H2,1-3H3,(H,36,37)(H,30,31,32)/t23-/m0/s1. The van der Waals surface area contributed by atoms with Crippen LogP contribution in [0.2, 0.25) is 5.02 Å². The van der Waals surface area contributed by atoms with Crippen molar-refractivity contribution in [3.63, 3.8) is 0 Å². The summed E-state index contributed by atoms with van der Waals surface area (Å²) in [5.41, 5.74) is 0.0369. The van der Waals surface area contributed by atoms with E-state index in [1.54, 1.807) is 21.9 Å². The van der Waals surface area contributed by atoms with Gasteiger partial charge in [0.05, 0.1) is 17.3 Å². The molecular weight excluding hydrogens is 648 g/mol. The topological polar surface area (TPSA) is 179 Å². The van der Waals surface area contributed by atoms with Crippen LogP contribution in [0.1, 0.15) is 25.8 Å². The molecule has 1 amide bonds. The number of ether oxygens (including phenoxy) is 1. The van der Waals surface area contributed by atoms with E-state index in [0.29, 0.717) is 38.0 Å². The van der Waals surface area contributed by atoms with Gasteiger partial charge in [-0.05, 0) is 62.2 Å². The highest BCUT2D eigenvalue weighted by Gasteiger charge is 2.36. The van der Waals surface area contributed by atoms with Gasteiger partial charge < -0.3 is 25.0 Å². The Bertz CT molecular complexity index is 1750. The monoisotopic (exact) mass is 680 g/mol. The molecule has 0 unspecified atom stereocenters. The smallest absolute Gasteiger partial charge is 0.415 e. The van der Waals surface area contributed by atoms with Gasteiger partial charge in [-0.2, -0.15) is 8.69 Å². The molecule has 1 aliphatic heterocycles. The molecule has 2 heterocycles. The summed E-state index contributed by atoms with van der Waals surface area (Å²) in [6.07, 6.45) is 2.05. The Morgan fingerprint density at radius 2 is 1.67 bits per heavy atom. The van der Waals surface area contributed by atoms with E-state index >= 15 is 0 Å². The van der Waals surface area contributed by atoms with Crippen LogP contribution in [-0.4, -0.2) is 87.3 Å². The third-order valence-corrected chi connectivity index (χ3v) is 10.9. The number of nitrogens with zero attached hydrogens (tertiary/aromatic N) is 5. The van der Waals surface area contributed by atoms with Gasteiger partial charge in [0.25, 0.3) is 10.0 Å². The SMILES string of the molecule is CCN(CC)c1ncc(N(S(C)(=O)=O)S(=O)(=O)c2ccc(Cl)cc2)c(N[C@@H](Cc2ccc(OC(=O)N3CCC3)cc2)C(=O)O)n1. The molecule has 17 heteroatoms. The second kappa shape index (κ2) is 13.9. The number of carbonyl (C=O) groups excluding carboxylic acids is 1. The summed E-state index contributed by atoms with van der Waals surface area (Å²) in [4.78, 5) is 36.1. The van der Waals surface area contributed by atoms with Crippen LogP contribution in [-0.2, 0) is 31.3 Å². The lowest BCUT2D eigenvalue weighted by Crippen LogP contribution is -2.43. The first kappa shape index (κ1) is 33.7. The minimum atomic E-state index is -4.77. The first-order valence-electron chi connectivity index (χ1n) is 13.9. The zero-order chi connectivity index (χ0) is 32.9. The van der Waals surface area contributed by atoms with E-state index in [2.05, 4.69) is 15.3 Å². The Hall–Kier alpha value is -4.15. The van der Waals surface area contributed by atoms with Gasteiger partial charge in [0.2, 0.25) is 16.0 Å². The van der Waals surface area contributed by atoms with Gasteiger partial charge in [0, 0.05) is 37.6 Å². The number of carboxylic acid groups (broad SMARTS) is 1. The van der Waals surface area contributed by atoms with Crippen LogP contribution in [0, 0.1) is 0 Å². The predicted octanol–water partition coefficient (Wildman–Crippen LogP) is 3.44. The summed E-state index contributed by atoms with van der Waals surface area (Å²) in [6.45, 7) is 5.86. The van der Waals surface area contributed by atoms with E-state index in [1.807, 2.05) is 13.8 Å². The lowest BCUT2D eigenvalue weighted by Gasteiger charge is -2.29. The Balaban J connectivity index is 1.72. The van der Waals surface area contributed by atoms with Crippen molar-refractivity contribution in [1.29, 1.82) is 0 Å². The lowest BCUT2D eigenvalue weighted by molar-refractivity contribution is -0.137. The van der Waals surface area contributed by atoms with Crippen LogP contribution >= 0.6 is 11.6 Å². The van der Waals surface area contributed by atoms with Crippen LogP contribution in [0.15, 0.2) is 59.6 Å². The second-order valence-corrected chi connectivity index (χ2v) is 14.4. The van der Waals surface area contributed by atoms with Crippen LogP contribution in [0.4, 0.5) is 22.2 Å². The van der Waals surface area contributed by atoms with Crippen molar-refractivity contribution in [2.45, 2.75) is 37.6 Å². The zero-order valence-corrected chi connectivity index (χ0v) is 27.1. The number of likely N-dealkylation sites (tertiary alicyclic amines) is 1. The van der Waals surface area contributed by atoms with Gasteiger partial charge in [0.1, 0.15) is 17.5 Å². The van der Waals surface area contributed by atoms with Crippen molar-refractivity contribution >= 4 is 61.2 Å². The molecule has 4 rings (SSSR count). The van der Waals surface area contributed by atoms with Crippen molar-refractivity contribution in [3.05, 3.63) is 65.3 Å². The van der Waals surface area contributed by atoms with Crippen molar-refractivity contribution in [3.8, 4) is 5.75 Å². The first-order valence-corrected chi connectivity index (χ1v) is 17.6. The zero-order valence-electron chi connectivity index (χ0n) is 24.8.